The molecule has 23 heavy (non-hydrogen) atoms. The van der Waals surface area contributed by atoms with E-state index in [2.05, 4.69) is 10.6 Å². The van der Waals surface area contributed by atoms with Gasteiger partial charge in [-0.15, -0.1) is 0 Å². The summed E-state index contributed by atoms with van der Waals surface area (Å²) in [5, 5.41) is 14.9. The molecule has 2 rings (SSSR count). The van der Waals surface area contributed by atoms with Crippen molar-refractivity contribution in [3.63, 3.8) is 0 Å². The molecule has 0 fully saturated rings. The second-order valence-electron chi connectivity index (χ2n) is 5.25. The van der Waals surface area contributed by atoms with Crippen molar-refractivity contribution in [2.24, 2.45) is 0 Å². The molecule has 2 aromatic rings. The molecule has 2 amide bonds. The summed E-state index contributed by atoms with van der Waals surface area (Å²) < 4.78 is 5.15. The maximum atomic E-state index is 12.2. The van der Waals surface area contributed by atoms with Crippen LogP contribution in [0.5, 0.6) is 5.75 Å². The summed E-state index contributed by atoms with van der Waals surface area (Å²) in [7, 11) is 1.61. The predicted octanol–water partition coefficient (Wildman–Crippen LogP) is 3.25. The van der Waals surface area contributed by atoms with Gasteiger partial charge in [-0.2, -0.15) is 0 Å². The summed E-state index contributed by atoms with van der Waals surface area (Å²) in [6.07, 6.45) is 0.457. The highest BCUT2D eigenvalue weighted by atomic mass is 16.5. The predicted molar refractivity (Wildman–Crippen MR) is 90.8 cm³/mol. The van der Waals surface area contributed by atoms with Crippen LogP contribution in [-0.4, -0.2) is 24.9 Å². The van der Waals surface area contributed by atoms with Crippen molar-refractivity contribution in [3.05, 3.63) is 59.7 Å². The SMILES string of the molecule is COc1ccc(NC(=O)N[C@H](CCO)c2ccccc2)c(C)c1. The standard InChI is InChI=1S/C18H22N2O3/c1-13-12-15(23-2)8-9-16(13)19-18(22)20-17(10-11-21)14-6-4-3-5-7-14/h3-9,12,17,21H,10-11H2,1-2H3,(H2,19,20,22)/t17-/m1/s1. The van der Waals surface area contributed by atoms with Crippen molar-refractivity contribution in [2.75, 3.05) is 19.0 Å². The van der Waals surface area contributed by atoms with E-state index in [1.54, 1.807) is 19.2 Å². The average Bonchev–Trinajstić information content (AvgIpc) is 2.57. The number of aliphatic hydroxyl groups excluding tert-OH is 1. The Balaban J connectivity index is 2.05. The van der Waals surface area contributed by atoms with E-state index in [4.69, 9.17) is 4.74 Å². The Morgan fingerprint density at radius 1 is 1.22 bits per heavy atom. The molecule has 3 N–H and O–H groups in total. The van der Waals surface area contributed by atoms with Gasteiger partial charge in [0.1, 0.15) is 5.75 Å². The molecule has 0 aliphatic heterocycles. The minimum atomic E-state index is -0.305. The average molecular weight is 314 g/mol. The van der Waals surface area contributed by atoms with Gasteiger partial charge in [-0.1, -0.05) is 30.3 Å². The number of urea groups is 1. The lowest BCUT2D eigenvalue weighted by molar-refractivity contribution is 0.239. The molecule has 1 atom stereocenters. The minimum Gasteiger partial charge on any atom is -0.497 e. The summed E-state index contributed by atoms with van der Waals surface area (Å²) in [5.74, 6) is 0.746. The van der Waals surface area contributed by atoms with Crippen molar-refractivity contribution in [1.82, 2.24) is 5.32 Å². The fourth-order valence-corrected chi connectivity index (χ4v) is 2.36. The zero-order chi connectivity index (χ0) is 16.7. The Morgan fingerprint density at radius 3 is 2.57 bits per heavy atom. The van der Waals surface area contributed by atoms with E-state index in [9.17, 15) is 9.90 Å². The second-order valence-corrected chi connectivity index (χ2v) is 5.25. The Kier molecular flexibility index (Phi) is 6.00. The van der Waals surface area contributed by atoms with Gasteiger partial charge in [-0.3, -0.25) is 0 Å². The largest absolute Gasteiger partial charge is 0.497 e. The number of ether oxygens (including phenoxy) is 1. The number of nitrogens with one attached hydrogen (secondary N) is 2. The van der Waals surface area contributed by atoms with Crippen molar-refractivity contribution in [1.29, 1.82) is 0 Å². The summed E-state index contributed by atoms with van der Waals surface area (Å²) in [6.45, 7) is 1.90. The van der Waals surface area contributed by atoms with Crippen LogP contribution in [0.2, 0.25) is 0 Å². The molecule has 0 bridgehead atoms. The lowest BCUT2D eigenvalue weighted by Crippen LogP contribution is -2.33. The number of benzene rings is 2. The Bertz CT molecular complexity index is 644. The topological polar surface area (TPSA) is 70.6 Å². The quantitative estimate of drug-likeness (QED) is 0.766. The van der Waals surface area contributed by atoms with E-state index < -0.39 is 0 Å². The number of anilines is 1. The number of aliphatic hydroxyl groups is 1. The molecule has 0 heterocycles. The van der Waals surface area contributed by atoms with Crippen molar-refractivity contribution in [3.8, 4) is 5.75 Å². The Labute approximate surface area is 136 Å². The number of methoxy groups -OCH3 is 1. The highest BCUT2D eigenvalue weighted by Crippen LogP contribution is 2.21. The molecule has 0 saturated heterocycles. The van der Waals surface area contributed by atoms with Crippen LogP contribution in [-0.2, 0) is 0 Å². The normalized spacial score (nSPS) is 11.6. The maximum Gasteiger partial charge on any atom is 0.319 e. The molecular weight excluding hydrogens is 292 g/mol. The zero-order valence-corrected chi connectivity index (χ0v) is 13.4. The van der Waals surface area contributed by atoms with Crippen molar-refractivity contribution < 1.29 is 14.6 Å². The summed E-state index contributed by atoms with van der Waals surface area (Å²) in [4.78, 5) is 12.2. The first-order valence-corrected chi connectivity index (χ1v) is 7.52. The van der Waals surface area contributed by atoms with Crippen LogP contribution in [0.4, 0.5) is 10.5 Å². The first kappa shape index (κ1) is 16.8. The van der Waals surface area contributed by atoms with E-state index in [0.29, 0.717) is 6.42 Å². The van der Waals surface area contributed by atoms with Crippen LogP contribution < -0.4 is 15.4 Å². The van der Waals surface area contributed by atoms with E-state index >= 15 is 0 Å². The van der Waals surface area contributed by atoms with Crippen LogP contribution in [0.3, 0.4) is 0 Å². The monoisotopic (exact) mass is 314 g/mol. The molecule has 0 aliphatic carbocycles. The van der Waals surface area contributed by atoms with Crippen LogP contribution >= 0.6 is 0 Å². The van der Waals surface area contributed by atoms with Crippen LogP contribution in [0.25, 0.3) is 0 Å². The lowest BCUT2D eigenvalue weighted by Gasteiger charge is -2.19. The first-order chi connectivity index (χ1) is 11.1. The smallest absolute Gasteiger partial charge is 0.319 e. The molecule has 0 aliphatic rings. The van der Waals surface area contributed by atoms with Gasteiger partial charge >= 0.3 is 6.03 Å². The number of aryl methyl sites for hydroxylation is 1. The first-order valence-electron chi connectivity index (χ1n) is 7.52. The van der Waals surface area contributed by atoms with Crippen molar-refractivity contribution in [2.45, 2.75) is 19.4 Å². The van der Waals surface area contributed by atoms with Crippen LogP contribution in [0.1, 0.15) is 23.6 Å². The summed E-state index contributed by atoms with van der Waals surface area (Å²) >= 11 is 0. The van der Waals surface area contributed by atoms with Gasteiger partial charge in [0.05, 0.1) is 13.2 Å². The fraction of sp³-hybridized carbons (Fsp3) is 0.278. The van der Waals surface area contributed by atoms with Gasteiger partial charge in [0.15, 0.2) is 0 Å². The molecule has 2 aromatic carbocycles. The van der Waals surface area contributed by atoms with Crippen LogP contribution in [0, 0.1) is 6.92 Å². The maximum absolute atomic E-state index is 12.2. The fourth-order valence-electron chi connectivity index (χ4n) is 2.36. The van der Waals surface area contributed by atoms with Crippen LogP contribution in [0.15, 0.2) is 48.5 Å². The molecule has 122 valence electrons. The van der Waals surface area contributed by atoms with E-state index in [1.807, 2.05) is 43.3 Å². The number of rotatable bonds is 6. The Morgan fingerprint density at radius 2 is 1.96 bits per heavy atom. The molecule has 5 heteroatoms. The third kappa shape index (κ3) is 4.72. The third-order valence-electron chi connectivity index (χ3n) is 3.61. The molecule has 0 unspecified atom stereocenters. The zero-order valence-electron chi connectivity index (χ0n) is 13.4. The highest BCUT2D eigenvalue weighted by Gasteiger charge is 2.14. The number of hydrogen-bond acceptors (Lipinski definition) is 3. The van der Waals surface area contributed by atoms with Gasteiger partial charge in [-0.05, 0) is 42.7 Å². The van der Waals surface area contributed by atoms with Gasteiger partial charge in [0, 0.05) is 12.3 Å². The van der Waals surface area contributed by atoms with E-state index in [0.717, 1.165) is 22.6 Å². The van der Waals surface area contributed by atoms with E-state index in [1.165, 1.54) is 0 Å². The molecule has 5 nitrogen and oxygen atoms in total. The van der Waals surface area contributed by atoms with Crippen molar-refractivity contribution >= 4 is 11.7 Å². The second kappa shape index (κ2) is 8.19. The highest BCUT2D eigenvalue weighted by molar-refractivity contribution is 5.90. The third-order valence-corrected chi connectivity index (χ3v) is 3.61. The minimum absolute atomic E-state index is 0.00139. The van der Waals surface area contributed by atoms with Gasteiger partial charge in [0.25, 0.3) is 0 Å². The lowest BCUT2D eigenvalue weighted by atomic mass is 10.0. The molecule has 0 spiro atoms. The van der Waals surface area contributed by atoms with Gasteiger partial charge in [-0.25, -0.2) is 4.79 Å². The summed E-state index contributed by atoms with van der Waals surface area (Å²) in [6, 6.07) is 14.5. The summed E-state index contributed by atoms with van der Waals surface area (Å²) in [5.41, 5.74) is 2.60. The molecule has 0 saturated carbocycles. The molecule has 0 aromatic heterocycles. The molecular formula is C18H22N2O3. The number of amides is 2. The van der Waals surface area contributed by atoms with E-state index in [-0.39, 0.29) is 18.7 Å². The van der Waals surface area contributed by atoms with Gasteiger partial charge in [0.2, 0.25) is 0 Å². The number of hydrogen-bond donors (Lipinski definition) is 3. The van der Waals surface area contributed by atoms with Gasteiger partial charge < -0.3 is 20.5 Å². The number of carbonyl (C=O) groups is 1. The molecule has 0 radical (unpaired) electrons. The Hall–Kier alpha value is -2.53. The number of carbonyl (C=O) groups excluding carboxylic acids is 1.